The number of hydrogen-bond acceptors (Lipinski definition) is 3. The Hall–Kier alpha value is -1.59. The summed E-state index contributed by atoms with van der Waals surface area (Å²) in [7, 11) is 0. The van der Waals surface area contributed by atoms with Crippen LogP contribution in [0.4, 0.5) is 4.79 Å². The van der Waals surface area contributed by atoms with Crippen LogP contribution in [0.3, 0.4) is 0 Å². The van der Waals surface area contributed by atoms with Crippen LogP contribution >= 0.6 is 0 Å². The van der Waals surface area contributed by atoms with E-state index in [1.54, 1.807) is 0 Å². The summed E-state index contributed by atoms with van der Waals surface area (Å²) < 4.78 is 5.33. The highest BCUT2D eigenvalue weighted by Crippen LogP contribution is 2.45. The van der Waals surface area contributed by atoms with Crippen molar-refractivity contribution in [3.05, 3.63) is 35.9 Å². The largest absolute Gasteiger partial charge is 0.379 e. The van der Waals surface area contributed by atoms with Gasteiger partial charge in [0.25, 0.3) is 0 Å². The quantitative estimate of drug-likeness (QED) is 0.787. The van der Waals surface area contributed by atoms with Crippen LogP contribution in [0.25, 0.3) is 0 Å². The van der Waals surface area contributed by atoms with Gasteiger partial charge in [-0.05, 0) is 31.4 Å². The maximum Gasteiger partial charge on any atom is 0.315 e. The minimum atomic E-state index is -0.129. The zero-order chi connectivity index (χ0) is 15.3. The molecule has 2 fully saturated rings. The number of ether oxygens (including phenoxy) is 1. The molecule has 5 nitrogen and oxygen atoms in total. The molecule has 22 heavy (non-hydrogen) atoms. The van der Waals surface area contributed by atoms with Crippen LogP contribution in [0, 0.1) is 0 Å². The van der Waals surface area contributed by atoms with Crippen LogP contribution in [0.1, 0.15) is 24.8 Å². The van der Waals surface area contributed by atoms with Gasteiger partial charge in [-0.1, -0.05) is 30.3 Å². The Bertz CT molecular complexity index is 482. The van der Waals surface area contributed by atoms with E-state index in [9.17, 15) is 4.79 Å². The molecule has 1 aromatic rings. The second kappa shape index (κ2) is 7.11. The third-order valence-electron chi connectivity index (χ3n) is 4.47. The van der Waals surface area contributed by atoms with E-state index in [0.29, 0.717) is 6.54 Å². The summed E-state index contributed by atoms with van der Waals surface area (Å²) in [5, 5.41) is 6.12. The summed E-state index contributed by atoms with van der Waals surface area (Å²) in [5.41, 5.74) is 1.08. The molecule has 2 N–H and O–H groups in total. The maximum absolute atomic E-state index is 12.1. The van der Waals surface area contributed by atoms with Gasteiger partial charge in [-0.2, -0.15) is 0 Å². The molecule has 3 rings (SSSR count). The molecule has 1 heterocycles. The first-order chi connectivity index (χ1) is 10.8. The van der Waals surface area contributed by atoms with E-state index in [4.69, 9.17) is 4.74 Å². The van der Waals surface area contributed by atoms with E-state index in [1.807, 2.05) is 18.2 Å². The number of morpholine rings is 1. The summed E-state index contributed by atoms with van der Waals surface area (Å²) in [6.45, 7) is 5.40. The molecule has 2 amide bonds. The summed E-state index contributed by atoms with van der Waals surface area (Å²) >= 11 is 0. The van der Waals surface area contributed by atoms with Crippen molar-refractivity contribution in [1.82, 2.24) is 15.5 Å². The lowest BCUT2D eigenvalue weighted by Crippen LogP contribution is -2.43. The molecule has 5 heteroatoms. The second-order valence-corrected chi connectivity index (χ2v) is 6.14. The number of carbonyl (C=O) groups excluding carboxylic acids is 1. The Kier molecular flexibility index (Phi) is 4.95. The van der Waals surface area contributed by atoms with Gasteiger partial charge in [0.2, 0.25) is 0 Å². The van der Waals surface area contributed by atoms with E-state index in [1.165, 1.54) is 5.56 Å². The number of nitrogens with one attached hydrogen (secondary N) is 2. The number of hydrogen-bond donors (Lipinski definition) is 2. The first-order valence-electron chi connectivity index (χ1n) is 8.20. The van der Waals surface area contributed by atoms with Gasteiger partial charge in [0.1, 0.15) is 0 Å². The monoisotopic (exact) mass is 303 g/mol. The van der Waals surface area contributed by atoms with E-state index >= 15 is 0 Å². The van der Waals surface area contributed by atoms with E-state index < -0.39 is 0 Å². The van der Waals surface area contributed by atoms with Crippen LogP contribution in [0.5, 0.6) is 0 Å². The highest BCUT2D eigenvalue weighted by Gasteiger charge is 2.45. The fraction of sp³-hybridized carbons (Fsp3) is 0.588. The van der Waals surface area contributed by atoms with Gasteiger partial charge in [-0.25, -0.2) is 4.79 Å². The first-order valence-corrected chi connectivity index (χ1v) is 8.20. The summed E-state index contributed by atoms with van der Waals surface area (Å²) in [6, 6.07) is 10.2. The molecule has 1 aliphatic carbocycles. The van der Waals surface area contributed by atoms with Gasteiger partial charge in [0.05, 0.1) is 18.8 Å². The Morgan fingerprint density at radius 1 is 1.18 bits per heavy atom. The lowest BCUT2D eigenvalue weighted by Gasteiger charge is -2.26. The van der Waals surface area contributed by atoms with Gasteiger partial charge in [0.15, 0.2) is 0 Å². The number of carbonyl (C=O) groups is 1. The van der Waals surface area contributed by atoms with Crippen LogP contribution in [-0.4, -0.2) is 50.3 Å². The normalized spacial score (nSPS) is 20.4. The summed E-state index contributed by atoms with van der Waals surface area (Å²) in [4.78, 5) is 14.5. The van der Waals surface area contributed by atoms with E-state index in [0.717, 1.165) is 52.1 Å². The van der Waals surface area contributed by atoms with Crippen molar-refractivity contribution in [2.75, 3.05) is 39.4 Å². The van der Waals surface area contributed by atoms with Crippen LogP contribution in [-0.2, 0) is 10.3 Å². The molecule has 120 valence electrons. The van der Waals surface area contributed by atoms with Gasteiger partial charge >= 0.3 is 6.03 Å². The van der Waals surface area contributed by atoms with E-state index in [2.05, 4.69) is 27.7 Å². The number of rotatable bonds is 6. The molecule has 0 aromatic heterocycles. The number of urea groups is 1. The third-order valence-corrected chi connectivity index (χ3v) is 4.47. The van der Waals surface area contributed by atoms with Gasteiger partial charge in [-0.3, -0.25) is 4.90 Å². The van der Waals surface area contributed by atoms with Crippen molar-refractivity contribution in [3.8, 4) is 0 Å². The van der Waals surface area contributed by atoms with Crippen molar-refractivity contribution in [2.24, 2.45) is 0 Å². The van der Waals surface area contributed by atoms with Gasteiger partial charge in [0, 0.05) is 19.6 Å². The van der Waals surface area contributed by atoms with Crippen molar-refractivity contribution in [3.63, 3.8) is 0 Å². The molecular weight excluding hydrogens is 278 g/mol. The number of benzene rings is 1. The van der Waals surface area contributed by atoms with Crippen LogP contribution in [0.15, 0.2) is 30.3 Å². The molecule has 1 saturated heterocycles. The zero-order valence-electron chi connectivity index (χ0n) is 13.0. The van der Waals surface area contributed by atoms with Crippen molar-refractivity contribution in [2.45, 2.75) is 24.8 Å². The smallest absolute Gasteiger partial charge is 0.315 e. The lowest BCUT2D eigenvalue weighted by molar-refractivity contribution is 0.0375. The molecule has 1 aromatic carbocycles. The van der Waals surface area contributed by atoms with Gasteiger partial charge in [-0.15, -0.1) is 0 Å². The predicted octanol–water partition coefficient (Wildman–Crippen LogP) is 1.70. The summed E-state index contributed by atoms with van der Waals surface area (Å²) in [5.74, 6) is 0. The first kappa shape index (κ1) is 15.3. The SMILES string of the molecule is O=C(NCCCN1CCOCC1)NC1(c2ccccc2)CC1. The molecule has 0 atom stereocenters. The molecule has 1 saturated carbocycles. The highest BCUT2D eigenvalue weighted by molar-refractivity contribution is 5.75. The van der Waals surface area contributed by atoms with Gasteiger partial charge < -0.3 is 15.4 Å². The molecule has 2 aliphatic rings. The number of nitrogens with zero attached hydrogens (tertiary/aromatic N) is 1. The molecule has 1 aliphatic heterocycles. The predicted molar refractivity (Wildman–Crippen MR) is 85.8 cm³/mol. The number of amides is 2. The standard InChI is InChI=1S/C17H25N3O2/c21-16(18-9-4-10-20-11-13-22-14-12-20)19-17(7-8-17)15-5-2-1-3-6-15/h1-3,5-6H,4,7-14H2,(H2,18,19,21). The Labute approximate surface area is 132 Å². The highest BCUT2D eigenvalue weighted by atomic mass is 16.5. The average Bonchev–Trinajstić information content (AvgIpc) is 3.34. The average molecular weight is 303 g/mol. The molecule has 0 radical (unpaired) electrons. The van der Waals surface area contributed by atoms with Crippen molar-refractivity contribution >= 4 is 6.03 Å². The van der Waals surface area contributed by atoms with E-state index in [-0.39, 0.29) is 11.6 Å². The lowest BCUT2D eigenvalue weighted by atomic mass is 10.1. The maximum atomic E-state index is 12.1. The molecule has 0 spiro atoms. The van der Waals surface area contributed by atoms with Crippen molar-refractivity contribution < 1.29 is 9.53 Å². The fourth-order valence-electron chi connectivity index (χ4n) is 2.96. The zero-order valence-corrected chi connectivity index (χ0v) is 13.0. The Balaban J connectivity index is 1.36. The molecule has 0 unspecified atom stereocenters. The minimum Gasteiger partial charge on any atom is -0.379 e. The summed E-state index contributed by atoms with van der Waals surface area (Å²) in [6.07, 6.45) is 3.03. The Morgan fingerprint density at radius 3 is 2.59 bits per heavy atom. The topological polar surface area (TPSA) is 53.6 Å². The fourth-order valence-corrected chi connectivity index (χ4v) is 2.96. The molecule has 0 bridgehead atoms. The second-order valence-electron chi connectivity index (χ2n) is 6.14. The molecular formula is C17H25N3O2. The van der Waals surface area contributed by atoms with Crippen LogP contribution < -0.4 is 10.6 Å². The van der Waals surface area contributed by atoms with Crippen LogP contribution in [0.2, 0.25) is 0 Å². The minimum absolute atomic E-state index is 0.0525. The third kappa shape index (κ3) is 3.99. The Morgan fingerprint density at radius 2 is 1.91 bits per heavy atom. The van der Waals surface area contributed by atoms with Crippen molar-refractivity contribution in [1.29, 1.82) is 0 Å².